The molecule has 3 atom stereocenters. The standard InChI is InChI=1S/C25H35NOS/c1-5-7-10-18(3)28-25(19(4)27)14-8-11-20-15-16-24-22(17-20)21-12-9-13-23(21)26(24)6-2/h8,11,14-18,21,23H,5-7,9-10,12-13H2,1-4H3/b11-8+,25-14+. The Labute approximate surface area is 175 Å². The quantitative estimate of drug-likeness (QED) is 0.332. The van der Waals surface area contributed by atoms with E-state index in [1.807, 2.05) is 6.08 Å². The highest BCUT2D eigenvalue weighted by molar-refractivity contribution is 8.04. The number of hydrogen-bond donors (Lipinski definition) is 0. The number of fused-ring (bicyclic) bond motifs is 3. The van der Waals surface area contributed by atoms with Gasteiger partial charge < -0.3 is 4.90 Å². The van der Waals surface area contributed by atoms with Crippen LogP contribution in [-0.2, 0) is 4.79 Å². The molecule has 28 heavy (non-hydrogen) atoms. The van der Waals surface area contributed by atoms with Crippen molar-refractivity contribution in [1.82, 2.24) is 0 Å². The number of ketones is 1. The molecule has 2 aliphatic rings. The van der Waals surface area contributed by atoms with Crippen LogP contribution in [0.4, 0.5) is 5.69 Å². The van der Waals surface area contributed by atoms with Gasteiger partial charge in [-0.3, -0.25) is 4.79 Å². The zero-order chi connectivity index (χ0) is 20.1. The zero-order valence-electron chi connectivity index (χ0n) is 17.9. The highest BCUT2D eigenvalue weighted by Gasteiger charge is 2.40. The smallest absolute Gasteiger partial charge is 0.166 e. The predicted molar refractivity (Wildman–Crippen MR) is 124 cm³/mol. The topological polar surface area (TPSA) is 20.3 Å². The van der Waals surface area contributed by atoms with Crippen LogP contribution in [0.15, 0.2) is 35.3 Å². The number of rotatable bonds is 9. The third-order valence-electron chi connectivity index (χ3n) is 6.16. The van der Waals surface area contributed by atoms with Crippen molar-refractivity contribution in [2.75, 3.05) is 11.4 Å². The molecule has 0 amide bonds. The lowest BCUT2D eigenvalue weighted by Crippen LogP contribution is -2.30. The van der Waals surface area contributed by atoms with Gasteiger partial charge in [0.2, 0.25) is 0 Å². The molecule has 0 N–H and O–H groups in total. The van der Waals surface area contributed by atoms with Crippen LogP contribution >= 0.6 is 11.8 Å². The van der Waals surface area contributed by atoms with Crippen LogP contribution in [0.2, 0.25) is 0 Å². The largest absolute Gasteiger partial charge is 0.368 e. The van der Waals surface area contributed by atoms with E-state index in [4.69, 9.17) is 0 Å². The average Bonchev–Trinajstić information content (AvgIpc) is 3.26. The number of nitrogens with zero attached hydrogens (tertiary/aromatic N) is 1. The molecule has 0 spiro atoms. The van der Waals surface area contributed by atoms with Crippen LogP contribution in [-0.4, -0.2) is 23.6 Å². The predicted octanol–water partition coefficient (Wildman–Crippen LogP) is 6.96. The van der Waals surface area contributed by atoms with E-state index in [9.17, 15) is 4.79 Å². The third kappa shape index (κ3) is 4.74. The lowest BCUT2D eigenvalue weighted by molar-refractivity contribution is -0.112. The van der Waals surface area contributed by atoms with E-state index in [1.165, 1.54) is 48.9 Å². The van der Waals surface area contributed by atoms with Crippen molar-refractivity contribution in [3.05, 3.63) is 46.4 Å². The molecule has 3 heteroatoms. The summed E-state index contributed by atoms with van der Waals surface area (Å²) in [5.41, 5.74) is 4.21. The fourth-order valence-corrected chi connectivity index (χ4v) is 5.79. The minimum Gasteiger partial charge on any atom is -0.368 e. The minimum atomic E-state index is 0.166. The van der Waals surface area contributed by atoms with E-state index < -0.39 is 0 Å². The Morgan fingerprint density at radius 1 is 1.32 bits per heavy atom. The monoisotopic (exact) mass is 397 g/mol. The van der Waals surface area contributed by atoms with E-state index in [-0.39, 0.29) is 5.78 Å². The number of benzene rings is 1. The van der Waals surface area contributed by atoms with Gasteiger partial charge in [0, 0.05) is 29.4 Å². The fourth-order valence-electron chi connectivity index (χ4n) is 4.75. The summed E-state index contributed by atoms with van der Waals surface area (Å²) in [6.45, 7) is 9.48. The average molecular weight is 398 g/mol. The van der Waals surface area contributed by atoms with Gasteiger partial charge in [0.1, 0.15) is 0 Å². The number of thioether (sulfide) groups is 1. The number of carbonyl (C=O) groups is 1. The van der Waals surface area contributed by atoms with E-state index in [1.54, 1.807) is 18.7 Å². The summed E-state index contributed by atoms with van der Waals surface area (Å²) in [7, 11) is 0. The van der Waals surface area contributed by atoms with Crippen molar-refractivity contribution >= 4 is 29.3 Å². The van der Waals surface area contributed by atoms with Crippen LogP contribution in [0.1, 0.15) is 83.3 Å². The van der Waals surface area contributed by atoms with Crippen molar-refractivity contribution in [1.29, 1.82) is 0 Å². The maximum atomic E-state index is 12.0. The molecule has 3 unspecified atom stereocenters. The first kappa shape index (κ1) is 21.2. The molecule has 1 heterocycles. The molecule has 152 valence electrons. The summed E-state index contributed by atoms with van der Waals surface area (Å²) in [5.74, 6) is 0.876. The summed E-state index contributed by atoms with van der Waals surface area (Å²) in [5, 5.41) is 0.489. The van der Waals surface area contributed by atoms with E-state index in [0.717, 1.165) is 17.9 Å². The highest BCUT2D eigenvalue weighted by atomic mass is 32.2. The summed E-state index contributed by atoms with van der Waals surface area (Å²) in [4.78, 5) is 15.5. The lowest BCUT2D eigenvalue weighted by atomic mass is 9.96. The van der Waals surface area contributed by atoms with Gasteiger partial charge in [-0.05, 0) is 62.4 Å². The van der Waals surface area contributed by atoms with Gasteiger partial charge in [0.15, 0.2) is 5.78 Å². The highest BCUT2D eigenvalue weighted by Crippen LogP contribution is 2.49. The van der Waals surface area contributed by atoms with Crippen LogP contribution in [0, 0.1) is 0 Å². The van der Waals surface area contributed by atoms with Gasteiger partial charge in [-0.2, -0.15) is 0 Å². The maximum absolute atomic E-state index is 12.0. The number of Topliss-reactive ketones (excluding diaryl/α,β-unsaturated/α-hetero) is 1. The molecule has 1 aromatic rings. The molecule has 0 saturated heterocycles. The first-order valence-electron chi connectivity index (χ1n) is 11.0. The van der Waals surface area contributed by atoms with Gasteiger partial charge in [0.05, 0.1) is 4.91 Å². The van der Waals surface area contributed by atoms with E-state index in [2.05, 4.69) is 56.0 Å². The minimum absolute atomic E-state index is 0.166. The molecule has 1 fully saturated rings. The fraction of sp³-hybridized carbons (Fsp3) is 0.560. The summed E-state index contributed by atoms with van der Waals surface area (Å²) >= 11 is 1.72. The Morgan fingerprint density at radius 3 is 2.86 bits per heavy atom. The Kier molecular flexibility index (Phi) is 7.45. The van der Waals surface area contributed by atoms with Crippen molar-refractivity contribution in [2.24, 2.45) is 0 Å². The molecule has 2 nitrogen and oxygen atoms in total. The van der Waals surface area contributed by atoms with Crippen LogP contribution in [0.3, 0.4) is 0 Å². The van der Waals surface area contributed by atoms with Crippen molar-refractivity contribution in [3.8, 4) is 0 Å². The summed E-state index contributed by atoms with van der Waals surface area (Å²) < 4.78 is 0. The molecule has 1 saturated carbocycles. The van der Waals surface area contributed by atoms with Crippen LogP contribution in [0.5, 0.6) is 0 Å². The molecule has 0 bridgehead atoms. The van der Waals surface area contributed by atoms with E-state index >= 15 is 0 Å². The number of carbonyl (C=O) groups excluding carboxylic acids is 1. The van der Waals surface area contributed by atoms with Gasteiger partial charge in [0.25, 0.3) is 0 Å². The number of anilines is 1. The Balaban J connectivity index is 1.72. The molecular formula is C25H35NOS. The number of hydrogen-bond acceptors (Lipinski definition) is 3. The second-order valence-corrected chi connectivity index (χ2v) is 9.71. The number of unbranched alkanes of at least 4 members (excludes halogenated alkanes) is 1. The summed E-state index contributed by atoms with van der Waals surface area (Å²) in [6.07, 6.45) is 13.8. The SMILES string of the molecule is CCCCC(C)S/C(=C/C=C/c1ccc2c(c1)C1CCCC1N2CC)C(C)=O. The summed E-state index contributed by atoms with van der Waals surface area (Å²) in [6, 6.07) is 7.61. The van der Waals surface area contributed by atoms with Gasteiger partial charge in [-0.1, -0.05) is 51.3 Å². The van der Waals surface area contributed by atoms with Gasteiger partial charge >= 0.3 is 0 Å². The van der Waals surface area contributed by atoms with Crippen molar-refractivity contribution in [2.45, 2.75) is 83.4 Å². The second kappa shape index (κ2) is 9.82. The number of allylic oxidation sites excluding steroid dienone is 3. The molecule has 1 aliphatic carbocycles. The van der Waals surface area contributed by atoms with Crippen LogP contribution in [0.25, 0.3) is 6.08 Å². The van der Waals surface area contributed by atoms with Gasteiger partial charge in [-0.15, -0.1) is 11.8 Å². The zero-order valence-corrected chi connectivity index (χ0v) is 18.7. The first-order valence-corrected chi connectivity index (χ1v) is 11.9. The molecule has 1 aliphatic heterocycles. The Morgan fingerprint density at radius 2 is 2.14 bits per heavy atom. The third-order valence-corrected chi connectivity index (χ3v) is 7.47. The number of likely N-dealkylation sites (N-methyl/N-ethyl adjacent to an activating group) is 1. The van der Waals surface area contributed by atoms with Gasteiger partial charge in [-0.25, -0.2) is 0 Å². The molecule has 0 radical (unpaired) electrons. The molecule has 0 aromatic heterocycles. The van der Waals surface area contributed by atoms with Crippen molar-refractivity contribution < 1.29 is 4.79 Å². The van der Waals surface area contributed by atoms with Crippen molar-refractivity contribution in [3.63, 3.8) is 0 Å². The van der Waals surface area contributed by atoms with Crippen LogP contribution < -0.4 is 4.90 Å². The molecule has 1 aromatic carbocycles. The molecule has 3 rings (SSSR count). The Hall–Kier alpha value is -1.48. The maximum Gasteiger partial charge on any atom is 0.166 e. The first-order chi connectivity index (χ1) is 13.5. The Bertz CT molecular complexity index is 751. The normalized spacial score (nSPS) is 22.6. The van der Waals surface area contributed by atoms with E-state index in [0.29, 0.717) is 17.2 Å². The second-order valence-electron chi connectivity index (χ2n) is 8.23. The lowest BCUT2D eigenvalue weighted by Gasteiger charge is -2.25. The molecular weight excluding hydrogens is 362 g/mol.